The Morgan fingerprint density at radius 2 is 2.16 bits per heavy atom. The number of hydrogen-bond donors (Lipinski definition) is 0. The number of oxazole rings is 1. The molecular formula is C22H23F3N4O2. The van der Waals surface area contributed by atoms with Crippen LogP contribution in [0.3, 0.4) is 0 Å². The highest BCUT2D eigenvalue weighted by atomic mass is 19.3. The third-order valence-corrected chi connectivity index (χ3v) is 5.40. The fourth-order valence-corrected chi connectivity index (χ4v) is 3.94. The number of aromatic nitrogens is 3. The van der Waals surface area contributed by atoms with E-state index in [0.29, 0.717) is 36.9 Å². The minimum absolute atomic E-state index is 0.0760. The van der Waals surface area contributed by atoms with Gasteiger partial charge in [-0.15, -0.1) is 0 Å². The molecule has 0 spiro atoms. The smallest absolute Gasteiger partial charge is 0.280 e. The van der Waals surface area contributed by atoms with E-state index in [1.54, 1.807) is 24.1 Å². The van der Waals surface area contributed by atoms with Gasteiger partial charge in [-0.05, 0) is 43.5 Å². The predicted molar refractivity (Wildman–Crippen MR) is 106 cm³/mol. The maximum Gasteiger partial charge on any atom is 0.280 e. The van der Waals surface area contributed by atoms with E-state index in [1.807, 2.05) is 6.07 Å². The average molecular weight is 432 g/mol. The maximum absolute atomic E-state index is 13.4. The van der Waals surface area contributed by atoms with Crippen LogP contribution in [0, 0.1) is 12.7 Å². The van der Waals surface area contributed by atoms with Gasteiger partial charge in [0, 0.05) is 19.5 Å². The van der Waals surface area contributed by atoms with Crippen molar-refractivity contribution in [2.24, 2.45) is 0 Å². The summed E-state index contributed by atoms with van der Waals surface area (Å²) in [6.07, 6.45) is 0.939. The number of nitrogens with zero attached hydrogens (tertiary/aromatic N) is 4. The number of piperidine rings is 1. The lowest BCUT2D eigenvalue weighted by molar-refractivity contribution is -0.133. The van der Waals surface area contributed by atoms with Gasteiger partial charge >= 0.3 is 0 Å². The van der Waals surface area contributed by atoms with E-state index in [4.69, 9.17) is 4.42 Å². The highest BCUT2D eigenvalue weighted by Crippen LogP contribution is 2.28. The van der Waals surface area contributed by atoms with Crippen LogP contribution < -0.4 is 0 Å². The van der Waals surface area contributed by atoms with E-state index in [2.05, 4.69) is 10.1 Å². The van der Waals surface area contributed by atoms with Crippen LogP contribution in [-0.4, -0.2) is 38.7 Å². The molecule has 1 fully saturated rings. The Balaban J connectivity index is 1.41. The van der Waals surface area contributed by atoms with Gasteiger partial charge in [0.05, 0.1) is 17.8 Å². The SMILES string of the molecule is Cc1cc(C(F)F)n(CC(=O)N2CCCC(c3ncc(Cc4cccc(F)c4)o3)C2)n1. The first kappa shape index (κ1) is 21.1. The van der Waals surface area contributed by atoms with E-state index in [-0.39, 0.29) is 29.9 Å². The Bertz CT molecular complexity index is 1060. The second-order valence-corrected chi connectivity index (χ2v) is 7.82. The molecule has 1 aromatic carbocycles. The number of aryl methyl sites for hydroxylation is 1. The van der Waals surface area contributed by atoms with Crippen LogP contribution in [0.25, 0.3) is 0 Å². The second kappa shape index (κ2) is 8.95. The standard InChI is InChI=1S/C22H23F3N4O2/c1-14-8-19(21(24)25)29(27-14)13-20(30)28-7-3-5-16(12-28)22-26-11-18(31-22)10-15-4-2-6-17(23)9-15/h2,4,6,8-9,11,16,21H,3,5,7,10,12-13H2,1H3. The lowest BCUT2D eigenvalue weighted by Crippen LogP contribution is -2.41. The summed E-state index contributed by atoms with van der Waals surface area (Å²) in [6, 6.07) is 7.60. The minimum Gasteiger partial charge on any atom is -0.445 e. The number of benzene rings is 1. The van der Waals surface area contributed by atoms with Crippen LogP contribution in [0.4, 0.5) is 13.2 Å². The topological polar surface area (TPSA) is 64.2 Å². The lowest BCUT2D eigenvalue weighted by Gasteiger charge is -2.31. The molecule has 1 amide bonds. The van der Waals surface area contributed by atoms with Crippen LogP contribution in [0.2, 0.25) is 0 Å². The summed E-state index contributed by atoms with van der Waals surface area (Å²) in [5.74, 6) is 0.514. The van der Waals surface area contributed by atoms with Crippen LogP contribution in [0.1, 0.15) is 53.8 Å². The molecule has 1 saturated heterocycles. The summed E-state index contributed by atoms with van der Waals surface area (Å²) in [5.41, 5.74) is 0.979. The van der Waals surface area contributed by atoms with Crippen molar-refractivity contribution in [2.45, 2.75) is 45.1 Å². The molecule has 0 saturated carbocycles. The fraction of sp³-hybridized carbons (Fsp3) is 0.409. The highest BCUT2D eigenvalue weighted by Gasteiger charge is 2.29. The Morgan fingerprint density at radius 1 is 1.32 bits per heavy atom. The summed E-state index contributed by atoms with van der Waals surface area (Å²) in [5, 5.41) is 4.02. The van der Waals surface area contributed by atoms with Gasteiger partial charge in [0.2, 0.25) is 5.91 Å². The first-order valence-electron chi connectivity index (χ1n) is 10.2. The Hall–Kier alpha value is -3.10. The van der Waals surface area contributed by atoms with Crippen LogP contribution in [0.5, 0.6) is 0 Å². The Morgan fingerprint density at radius 3 is 2.94 bits per heavy atom. The normalized spacial score (nSPS) is 16.8. The van der Waals surface area contributed by atoms with Crippen molar-refractivity contribution in [1.29, 1.82) is 0 Å². The molecule has 4 rings (SSSR count). The quantitative estimate of drug-likeness (QED) is 0.584. The largest absolute Gasteiger partial charge is 0.445 e. The highest BCUT2D eigenvalue weighted by molar-refractivity contribution is 5.76. The average Bonchev–Trinajstić information content (AvgIpc) is 3.34. The number of halogens is 3. The number of carbonyl (C=O) groups is 1. The molecule has 0 radical (unpaired) electrons. The number of hydrogen-bond acceptors (Lipinski definition) is 4. The molecule has 0 aliphatic carbocycles. The van der Waals surface area contributed by atoms with Crippen molar-refractivity contribution in [2.75, 3.05) is 13.1 Å². The van der Waals surface area contributed by atoms with Gasteiger partial charge in [0.25, 0.3) is 6.43 Å². The first-order valence-corrected chi connectivity index (χ1v) is 10.2. The van der Waals surface area contributed by atoms with Crippen molar-refractivity contribution in [3.05, 3.63) is 70.9 Å². The molecule has 6 nitrogen and oxygen atoms in total. The molecule has 1 atom stereocenters. The lowest BCUT2D eigenvalue weighted by atomic mass is 9.98. The number of amides is 1. The molecule has 3 aromatic rings. The van der Waals surface area contributed by atoms with Gasteiger partial charge in [-0.1, -0.05) is 12.1 Å². The van der Waals surface area contributed by atoms with Gasteiger partial charge in [-0.3, -0.25) is 9.48 Å². The van der Waals surface area contributed by atoms with Gasteiger partial charge in [-0.2, -0.15) is 5.10 Å². The van der Waals surface area contributed by atoms with Crippen LogP contribution >= 0.6 is 0 Å². The molecular weight excluding hydrogens is 409 g/mol. The molecule has 164 valence electrons. The zero-order valence-electron chi connectivity index (χ0n) is 17.1. The Kier molecular flexibility index (Phi) is 6.11. The first-order chi connectivity index (χ1) is 14.9. The van der Waals surface area contributed by atoms with Gasteiger partial charge in [-0.25, -0.2) is 18.2 Å². The van der Waals surface area contributed by atoms with Crippen molar-refractivity contribution >= 4 is 5.91 Å². The fourth-order valence-electron chi connectivity index (χ4n) is 3.94. The summed E-state index contributed by atoms with van der Waals surface area (Å²) >= 11 is 0. The minimum atomic E-state index is -2.69. The molecule has 0 bridgehead atoms. The zero-order valence-corrected chi connectivity index (χ0v) is 17.1. The monoisotopic (exact) mass is 432 g/mol. The van der Waals surface area contributed by atoms with Crippen molar-refractivity contribution < 1.29 is 22.4 Å². The number of rotatable bonds is 6. The second-order valence-electron chi connectivity index (χ2n) is 7.82. The third kappa shape index (κ3) is 4.98. The molecule has 2 aromatic heterocycles. The Labute approximate surface area is 177 Å². The summed E-state index contributed by atoms with van der Waals surface area (Å²) in [4.78, 5) is 18.8. The van der Waals surface area contributed by atoms with E-state index in [0.717, 1.165) is 23.1 Å². The van der Waals surface area contributed by atoms with Crippen LogP contribution in [-0.2, 0) is 17.8 Å². The molecule has 9 heteroatoms. The predicted octanol–water partition coefficient (Wildman–Crippen LogP) is 4.25. The van der Waals surface area contributed by atoms with Gasteiger partial charge in [0.15, 0.2) is 5.89 Å². The van der Waals surface area contributed by atoms with Gasteiger partial charge < -0.3 is 9.32 Å². The summed E-state index contributed by atoms with van der Waals surface area (Å²) in [6.45, 7) is 2.35. The van der Waals surface area contributed by atoms with Crippen molar-refractivity contribution in [3.63, 3.8) is 0 Å². The van der Waals surface area contributed by atoms with Gasteiger partial charge in [0.1, 0.15) is 23.8 Å². The van der Waals surface area contributed by atoms with Crippen molar-refractivity contribution in [3.8, 4) is 0 Å². The molecule has 31 heavy (non-hydrogen) atoms. The molecule has 1 aliphatic heterocycles. The molecule has 1 aliphatic rings. The number of alkyl halides is 2. The zero-order chi connectivity index (χ0) is 22.0. The summed E-state index contributed by atoms with van der Waals surface area (Å²) < 4.78 is 46.7. The maximum atomic E-state index is 13.4. The summed E-state index contributed by atoms with van der Waals surface area (Å²) in [7, 11) is 0. The third-order valence-electron chi connectivity index (χ3n) is 5.40. The van der Waals surface area contributed by atoms with Crippen molar-refractivity contribution in [1.82, 2.24) is 19.7 Å². The molecule has 3 heterocycles. The van der Waals surface area contributed by atoms with E-state index in [9.17, 15) is 18.0 Å². The number of likely N-dealkylation sites (tertiary alicyclic amines) is 1. The van der Waals surface area contributed by atoms with E-state index < -0.39 is 6.43 Å². The molecule has 0 N–H and O–H groups in total. The molecule has 1 unspecified atom stereocenters. The van der Waals surface area contributed by atoms with Crippen LogP contribution in [0.15, 0.2) is 40.9 Å². The number of carbonyl (C=O) groups excluding carboxylic acids is 1. The van der Waals surface area contributed by atoms with E-state index >= 15 is 0 Å². The van der Waals surface area contributed by atoms with E-state index in [1.165, 1.54) is 18.2 Å².